The quantitative estimate of drug-likeness (QED) is 0.746. The van der Waals surface area contributed by atoms with Crippen LogP contribution in [0.4, 0.5) is 5.69 Å². The van der Waals surface area contributed by atoms with Crippen molar-refractivity contribution in [3.05, 3.63) is 65.2 Å². The molecule has 0 radical (unpaired) electrons. The molecule has 6 nitrogen and oxygen atoms in total. The molecule has 0 aliphatic carbocycles. The standard InChI is InChI=1S/C23H25N3O3/c27-14-16-6-3-5-15(11-16)13-24-21(28)19-12-17-7-4-10-26(17)23(19)18-8-1-2-9-20(18)25-22(23)29/h1-3,5-6,8-9,11,17,19,27H,4,7,10,12-14H2,(H,24,28)(H,25,29)/t17-,19+,23+/m1/s1. The van der Waals surface area contributed by atoms with Gasteiger partial charge in [-0.1, -0.05) is 42.5 Å². The third-order valence-corrected chi connectivity index (χ3v) is 6.73. The molecule has 1 spiro atoms. The van der Waals surface area contributed by atoms with E-state index in [0.717, 1.165) is 41.8 Å². The van der Waals surface area contributed by atoms with Crippen LogP contribution >= 0.6 is 0 Å². The summed E-state index contributed by atoms with van der Waals surface area (Å²) in [6, 6.07) is 15.6. The lowest BCUT2D eigenvalue weighted by Crippen LogP contribution is -2.54. The second kappa shape index (κ2) is 6.97. The number of fused-ring (bicyclic) bond motifs is 4. The van der Waals surface area contributed by atoms with E-state index < -0.39 is 11.5 Å². The molecule has 6 heteroatoms. The van der Waals surface area contributed by atoms with Crippen molar-refractivity contribution in [2.75, 3.05) is 11.9 Å². The summed E-state index contributed by atoms with van der Waals surface area (Å²) in [6.45, 7) is 1.20. The second-order valence-corrected chi connectivity index (χ2v) is 8.24. The van der Waals surface area contributed by atoms with Gasteiger partial charge in [0, 0.05) is 23.8 Å². The van der Waals surface area contributed by atoms with Crippen molar-refractivity contribution >= 4 is 17.5 Å². The van der Waals surface area contributed by atoms with Crippen molar-refractivity contribution in [1.29, 1.82) is 0 Å². The van der Waals surface area contributed by atoms with Gasteiger partial charge in [0.25, 0.3) is 0 Å². The molecule has 0 bridgehead atoms. The molecular formula is C23H25N3O3. The summed E-state index contributed by atoms with van der Waals surface area (Å²) in [7, 11) is 0. The molecule has 2 fully saturated rings. The zero-order valence-corrected chi connectivity index (χ0v) is 16.2. The van der Waals surface area contributed by atoms with Crippen LogP contribution in [-0.4, -0.2) is 34.4 Å². The van der Waals surface area contributed by atoms with Crippen LogP contribution in [0.15, 0.2) is 48.5 Å². The number of carbonyl (C=O) groups excluding carboxylic acids is 2. The van der Waals surface area contributed by atoms with Gasteiger partial charge in [-0.3, -0.25) is 14.5 Å². The van der Waals surface area contributed by atoms with Crippen LogP contribution in [0, 0.1) is 5.92 Å². The first-order chi connectivity index (χ1) is 14.1. The van der Waals surface area contributed by atoms with Crippen LogP contribution in [0.5, 0.6) is 0 Å². The van der Waals surface area contributed by atoms with Crippen LogP contribution in [0.3, 0.4) is 0 Å². The van der Waals surface area contributed by atoms with E-state index in [4.69, 9.17) is 0 Å². The minimum atomic E-state index is -0.908. The Balaban J connectivity index is 1.46. The van der Waals surface area contributed by atoms with Gasteiger partial charge in [0.2, 0.25) is 11.8 Å². The van der Waals surface area contributed by atoms with Crippen LogP contribution in [0.2, 0.25) is 0 Å². The van der Waals surface area contributed by atoms with Crippen molar-refractivity contribution in [1.82, 2.24) is 10.2 Å². The summed E-state index contributed by atoms with van der Waals surface area (Å²) in [5.41, 5.74) is 2.59. The Bertz CT molecular complexity index is 975. The number of nitrogens with one attached hydrogen (secondary N) is 2. The molecule has 29 heavy (non-hydrogen) atoms. The second-order valence-electron chi connectivity index (χ2n) is 8.24. The predicted octanol–water partition coefficient (Wildman–Crippen LogP) is 2.13. The van der Waals surface area contributed by atoms with Gasteiger partial charge in [0.15, 0.2) is 0 Å². The Morgan fingerprint density at radius 1 is 1.21 bits per heavy atom. The molecule has 2 saturated heterocycles. The average molecular weight is 391 g/mol. The monoisotopic (exact) mass is 391 g/mol. The zero-order chi connectivity index (χ0) is 20.0. The van der Waals surface area contributed by atoms with Crippen LogP contribution < -0.4 is 10.6 Å². The maximum atomic E-state index is 13.4. The largest absolute Gasteiger partial charge is 0.392 e. The number of nitrogens with zero attached hydrogens (tertiary/aromatic N) is 1. The van der Waals surface area contributed by atoms with Gasteiger partial charge in [0.1, 0.15) is 5.54 Å². The van der Waals surface area contributed by atoms with E-state index >= 15 is 0 Å². The van der Waals surface area contributed by atoms with E-state index in [1.54, 1.807) is 0 Å². The van der Waals surface area contributed by atoms with Gasteiger partial charge >= 0.3 is 0 Å². The molecule has 2 aromatic carbocycles. The van der Waals surface area contributed by atoms with Crippen LogP contribution in [0.25, 0.3) is 0 Å². The summed E-state index contributed by atoms with van der Waals surface area (Å²) in [6.07, 6.45) is 2.79. The Morgan fingerprint density at radius 2 is 2.03 bits per heavy atom. The highest BCUT2D eigenvalue weighted by molar-refractivity contribution is 6.09. The molecule has 3 N–H and O–H groups in total. The molecule has 3 atom stereocenters. The lowest BCUT2D eigenvalue weighted by atomic mass is 9.78. The SMILES string of the molecule is O=C(NCc1cccc(CO)c1)[C@@H]1C[C@H]2CCCN2[C@]12C(=O)Nc1ccccc12. The van der Waals surface area contributed by atoms with Gasteiger partial charge in [0.05, 0.1) is 12.5 Å². The zero-order valence-electron chi connectivity index (χ0n) is 16.2. The fourth-order valence-electron chi connectivity index (χ4n) is 5.53. The first kappa shape index (κ1) is 18.3. The molecule has 2 aromatic rings. The van der Waals surface area contributed by atoms with Gasteiger partial charge < -0.3 is 15.7 Å². The number of hydrogen-bond acceptors (Lipinski definition) is 4. The Kier molecular flexibility index (Phi) is 4.41. The molecule has 0 saturated carbocycles. The molecule has 0 unspecified atom stereocenters. The number of carbonyl (C=O) groups is 2. The lowest BCUT2D eigenvalue weighted by molar-refractivity contribution is -0.137. The summed E-state index contributed by atoms with van der Waals surface area (Å²) in [5, 5.41) is 15.4. The van der Waals surface area contributed by atoms with Crippen molar-refractivity contribution in [3.63, 3.8) is 0 Å². The smallest absolute Gasteiger partial charge is 0.250 e. The molecule has 150 valence electrons. The number of hydrogen-bond donors (Lipinski definition) is 3. The van der Waals surface area contributed by atoms with E-state index in [0.29, 0.717) is 13.0 Å². The van der Waals surface area contributed by atoms with Crippen molar-refractivity contribution < 1.29 is 14.7 Å². The van der Waals surface area contributed by atoms with Crippen molar-refractivity contribution in [3.8, 4) is 0 Å². The fraction of sp³-hybridized carbons (Fsp3) is 0.391. The molecular weight excluding hydrogens is 366 g/mol. The summed E-state index contributed by atoms with van der Waals surface area (Å²) >= 11 is 0. The maximum Gasteiger partial charge on any atom is 0.250 e. The number of rotatable bonds is 4. The Morgan fingerprint density at radius 3 is 2.90 bits per heavy atom. The van der Waals surface area contributed by atoms with E-state index in [9.17, 15) is 14.7 Å². The highest BCUT2D eigenvalue weighted by atomic mass is 16.3. The topological polar surface area (TPSA) is 81.7 Å². The van der Waals surface area contributed by atoms with Crippen LogP contribution in [-0.2, 0) is 28.3 Å². The minimum Gasteiger partial charge on any atom is -0.392 e. The normalized spacial score (nSPS) is 27.7. The number of para-hydroxylation sites is 1. The first-order valence-electron chi connectivity index (χ1n) is 10.3. The number of amides is 2. The number of anilines is 1. The molecule has 5 rings (SSSR count). The Hall–Kier alpha value is -2.70. The highest BCUT2D eigenvalue weighted by Gasteiger charge is 2.65. The summed E-state index contributed by atoms with van der Waals surface area (Å²) in [4.78, 5) is 28.9. The predicted molar refractivity (Wildman–Crippen MR) is 109 cm³/mol. The third-order valence-electron chi connectivity index (χ3n) is 6.73. The first-order valence-corrected chi connectivity index (χ1v) is 10.3. The molecule has 0 aromatic heterocycles. The molecule has 3 aliphatic heterocycles. The fourth-order valence-corrected chi connectivity index (χ4v) is 5.53. The molecule has 3 aliphatic rings. The van der Waals surface area contributed by atoms with Gasteiger partial charge in [-0.2, -0.15) is 0 Å². The maximum absolute atomic E-state index is 13.4. The van der Waals surface area contributed by atoms with E-state index in [1.165, 1.54) is 0 Å². The van der Waals surface area contributed by atoms with Gasteiger partial charge in [-0.25, -0.2) is 0 Å². The van der Waals surface area contributed by atoms with E-state index in [2.05, 4.69) is 15.5 Å². The number of benzene rings is 2. The van der Waals surface area contributed by atoms with Gasteiger partial charge in [-0.15, -0.1) is 0 Å². The summed E-state index contributed by atoms with van der Waals surface area (Å²) in [5.74, 6) is -0.580. The average Bonchev–Trinajstić information content (AvgIpc) is 3.41. The minimum absolute atomic E-state index is 0.0267. The van der Waals surface area contributed by atoms with Crippen molar-refractivity contribution in [2.24, 2.45) is 5.92 Å². The van der Waals surface area contributed by atoms with Gasteiger partial charge in [-0.05, 0) is 43.0 Å². The van der Waals surface area contributed by atoms with E-state index in [-0.39, 0.29) is 24.5 Å². The number of aliphatic hydroxyl groups excluding tert-OH is 1. The van der Waals surface area contributed by atoms with Crippen LogP contribution in [0.1, 0.15) is 36.0 Å². The molecule has 2 amide bonds. The summed E-state index contributed by atoms with van der Waals surface area (Å²) < 4.78 is 0. The third kappa shape index (κ3) is 2.70. The van der Waals surface area contributed by atoms with Crippen molar-refractivity contribution in [2.45, 2.75) is 44.0 Å². The Labute approximate surface area is 169 Å². The lowest BCUT2D eigenvalue weighted by Gasteiger charge is -2.36. The number of aliphatic hydroxyl groups is 1. The molecule has 3 heterocycles. The highest BCUT2D eigenvalue weighted by Crippen LogP contribution is 2.55. The van der Waals surface area contributed by atoms with E-state index in [1.807, 2.05) is 48.5 Å².